The van der Waals surface area contributed by atoms with Crippen LogP contribution in [0.1, 0.15) is 64.5 Å². The van der Waals surface area contributed by atoms with E-state index in [1.165, 1.54) is 36.8 Å². The number of β-amino-alcohol motifs (C(OH)–C–C–N with tert-alkyl or cyclic N) is 1. The molecule has 4 heteroatoms. The highest BCUT2D eigenvalue weighted by Gasteiger charge is 2.45. The van der Waals surface area contributed by atoms with Crippen LogP contribution in [0.4, 0.5) is 0 Å². The summed E-state index contributed by atoms with van der Waals surface area (Å²) < 4.78 is 12.5. The third-order valence-corrected chi connectivity index (χ3v) is 7.20. The highest BCUT2D eigenvalue weighted by Crippen LogP contribution is 2.50. The van der Waals surface area contributed by atoms with Gasteiger partial charge in [0.05, 0.1) is 11.7 Å². The molecule has 2 bridgehead atoms. The first kappa shape index (κ1) is 20.9. The summed E-state index contributed by atoms with van der Waals surface area (Å²) >= 11 is 0. The van der Waals surface area contributed by atoms with Gasteiger partial charge < -0.3 is 19.5 Å². The molecular formula is C25H37NO3. The number of likely N-dealkylation sites (tertiary alicyclic amines) is 1. The van der Waals surface area contributed by atoms with Crippen LogP contribution in [0.25, 0.3) is 0 Å². The number of nitrogens with zero attached hydrogens (tertiary/aromatic N) is 1. The van der Waals surface area contributed by atoms with Crippen LogP contribution >= 0.6 is 0 Å². The summed E-state index contributed by atoms with van der Waals surface area (Å²) in [5, 5.41) is 10.3. The van der Waals surface area contributed by atoms with Crippen molar-refractivity contribution in [3.8, 4) is 5.75 Å². The number of hydrogen-bond donors (Lipinski definition) is 1. The van der Waals surface area contributed by atoms with Gasteiger partial charge in [0, 0.05) is 12.5 Å². The van der Waals surface area contributed by atoms with Crippen molar-refractivity contribution >= 4 is 0 Å². The van der Waals surface area contributed by atoms with Gasteiger partial charge in [-0.1, -0.05) is 30.2 Å². The van der Waals surface area contributed by atoms with Crippen LogP contribution in [0.15, 0.2) is 35.9 Å². The van der Waals surface area contributed by atoms with E-state index in [4.69, 9.17) is 9.47 Å². The van der Waals surface area contributed by atoms with Crippen molar-refractivity contribution in [1.29, 1.82) is 0 Å². The summed E-state index contributed by atoms with van der Waals surface area (Å²) in [6.45, 7) is 9.95. The van der Waals surface area contributed by atoms with E-state index in [2.05, 4.69) is 43.9 Å². The quantitative estimate of drug-likeness (QED) is 0.702. The average Bonchev–Trinajstić information content (AvgIpc) is 2.72. The molecule has 2 fully saturated rings. The smallest absolute Gasteiger partial charge is 0.119 e. The third kappa shape index (κ3) is 4.87. The minimum Gasteiger partial charge on any atom is -0.491 e. The molecule has 0 amide bonds. The number of piperidine rings is 1. The van der Waals surface area contributed by atoms with Gasteiger partial charge in [-0.05, 0) is 83.2 Å². The molecule has 29 heavy (non-hydrogen) atoms. The molecule has 2 saturated heterocycles. The van der Waals surface area contributed by atoms with E-state index in [1.54, 1.807) is 0 Å². The predicted molar refractivity (Wildman–Crippen MR) is 116 cm³/mol. The van der Waals surface area contributed by atoms with E-state index in [9.17, 15) is 5.11 Å². The van der Waals surface area contributed by atoms with E-state index in [1.807, 2.05) is 12.1 Å². The highest BCUT2D eigenvalue weighted by atomic mass is 16.5. The van der Waals surface area contributed by atoms with Crippen molar-refractivity contribution in [2.75, 3.05) is 26.2 Å². The molecule has 0 radical (unpaired) electrons. The molecule has 1 aromatic rings. The number of benzene rings is 1. The van der Waals surface area contributed by atoms with Gasteiger partial charge in [-0.3, -0.25) is 0 Å². The molecular weight excluding hydrogens is 362 g/mol. The second kappa shape index (κ2) is 8.79. The summed E-state index contributed by atoms with van der Waals surface area (Å²) in [5.41, 5.74) is 2.59. The Morgan fingerprint density at radius 3 is 2.62 bits per heavy atom. The monoisotopic (exact) mass is 399 g/mol. The molecule has 2 heterocycles. The van der Waals surface area contributed by atoms with Gasteiger partial charge in [0.15, 0.2) is 0 Å². The molecule has 0 spiro atoms. The Bertz CT molecular complexity index is 705. The van der Waals surface area contributed by atoms with Gasteiger partial charge in [0.25, 0.3) is 0 Å². The van der Waals surface area contributed by atoms with E-state index >= 15 is 0 Å². The van der Waals surface area contributed by atoms with Crippen LogP contribution in [0, 0.1) is 11.8 Å². The van der Waals surface area contributed by atoms with Gasteiger partial charge >= 0.3 is 0 Å². The number of ether oxygens (including phenoxy) is 2. The zero-order valence-electron chi connectivity index (χ0n) is 18.3. The molecule has 160 valence electrons. The summed E-state index contributed by atoms with van der Waals surface area (Å²) in [6.07, 6.45) is 8.22. The Hall–Kier alpha value is -1.36. The first-order valence-electron chi connectivity index (χ1n) is 11.4. The summed E-state index contributed by atoms with van der Waals surface area (Å²) in [4.78, 5) is 2.34. The molecule has 1 N–H and O–H groups in total. The molecule has 1 aliphatic carbocycles. The molecule has 4 rings (SSSR count). The molecule has 0 saturated carbocycles. The van der Waals surface area contributed by atoms with Crippen molar-refractivity contribution in [3.05, 3.63) is 41.5 Å². The molecule has 0 unspecified atom stereocenters. The first-order valence-corrected chi connectivity index (χ1v) is 11.4. The zero-order valence-corrected chi connectivity index (χ0v) is 18.3. The Morgan fingerprint density at radius 2 is 1.90 bits per heavy atom. The predicted octanol–water partition coefficient (Wildman–Crippen LogP) is 4.73. The summed E-state index contributed by atoms with van der Waals surface area (Å²) in [5.74, 6) is 1.90. The normalized spacial score (nSPS) is 30.5. The van der Waals surface area contributed by atoms with Gasteiger partial charge in [0.1, 0.15) is 18.5 Å². The van der Waals surface area contributed by atoms with Crippen molar-refractivity contribution in [2.45, 2.75) is 70.7 Å². The van der Waals surface area contributed by atoms with E-state index in [0.717, 1.165) is 25.3 Å². The fraction of sp³-hybridized carbons (Fsp3) is 0.680. The Morgan fingerprint density at radius 1 is 1.17 bits per heavy atom. The molecule has 4 atom stereocenters. The first-order chi connectivity index (χ1) is 13.9. The SMILES string of the molecule is CC1=CC[C@@H]2C[C@@H]1[C@H](c1ccc(OC[C@H](O)CN3CCCCC3)cc1)OC2(C)C. The lowest BCUT2D eigenvalue weighted by Gasteiger charge is -2.49. The fourth-order valence-corrected chi connectivity index (χ4v) is 5.24. The lowest BCUT2D eigenvalue weighted by Crippen LogP contribution is -2.45. The van der Waals surface area contributed by atoms with Crippen LogP contribution in [-0.4, -0.2) is 48.0 Å². The number of hydrogen-bond acceptors (Lipinski definition) is 4. The molecule has 3 aliphatic rings. The van der Waals surface area contributed by atoms with Crippen LogP contribution in [0.5, 0.6) is 5.75 Å². The maximum Gasteiger partial charge on any atom is 0.119 e. The van der Waals surface area contributed by atoms with Crippen LogP contribution in [0.2, 0.25) is 0 Å². The minimum absolute atomic E-state index is 0.0912. The minimum atomic E-state index is -0.442. The van der Waals surface area contributed by atoms with Gasteiger partial charge in [0.2, 0.25) is 0 Å². The van der Waals surface area contributed by atoms with Crippen molar-refractivity contribution in [3.63, 3.8) is 0 Å². The lowest BCUT2D eigenvalue weighted by atomic mass is 9.69. The largest absolute Gasteiger partial charge is 0.491 e. The third-order valence-electron chi connectivity index (χ3n) is 7.20. The van der Waals surface area contributed by atoms with Gasteiger partial charge in [-0.2, -0.15) is 0 Å². The topological polar surface area (TPSA) is 41.9 Å². The van der Waals surface area contributed by atoms with E-state index in [0.29, 0.717) is 25.0 Å². The summed E-state index contributed by atoms with van der Waals surface area (Å²) in [6, 6.07) is 8.31. The van der Waals surface area contributed by atoms with E-state index in [-0.39, 0.29) is 11.7 Å². The van der Waals surface area contributed by atoms with Crippen LogP contribution in [0.3, 0.4) is 0 Å². The van der Waals surface area contributed by atoms with Crippen LogP contribution in [-0.2, 0) is 4.74 Å². The maximum absolute atomic E-state index is 10.3. The second-order valence-electron chi connectivity index (χ2n) is 9.76. The standard InChI is InChI=1S/C25H37NO3/c1-18-7-10-20-15-23(18)24(29-25(20,2)3)19-8-11-22(12-9-19)28-17-21(27)16-26-13-5-4-6-14-26/h7-9,11-12,20-21,23-24,27H,4-6,10,13-17H2,1-3H3/t20-,21-,23+,24+/m1/s1. The molecule has 0 aromatic heterocycles. The van der Waals surface area contributed by atoms with E-state index < -0.39 is 6.10 Å². The van der Waals surface area contributed by atoms with Gasteiger partial charge in [-0.15, -0.1) is 0 Å². The number of fused-ring (bicyclic) bond motifs is 2. The highest BCUT2D eigenvalue weighted by molar-refractivity contribution is 5.31. The Balaban J connectivity index is 1.35. The lowest BCUT2D eigenvalue weighted by molar-refractivity contribution is -0.166. The second-order valence-corrected chi connectivity index (χ2v) is 9.76. The number of rotatable bonds is 6. The van der Waals surface area contributed by atoms with Crippen molar-refractivity contribution in [1.82, 2.24) is 4.90 Å². The number of aliphatic hydroxyl groups is 1. The molecule has 4 nitrogen and oxygen atoms in total. The zero-order chi connectivity index (χ0) is 20.4. The molecule has 2 aliphatic heterocycles. The Kier molecular flexibility index (Phi) is 6.33. The van der Waals surface area contributed by atoms with Gasteiger partial charge in [-0.25, -0.2) is 0 Å². The average molecular weight is 400 g/mol. The number of allylic oxidation sites excluding steroid dienone is 1. The van der Waals surface area contributed by atoms with Crippen LogP contribution < -0.4 is 4.74 Å². The Labute approximate surface area is 175 Å². The van der Waals surface area contributed by atoms with Crippen molar-refractivity contribution < 1.29 is 14.6 Å². The van der Waals surface area contributed by atoms with Crippen molar-refractivity contribution in [2.24, 2.45) is 11.8 Å². The summed E-state index contributed by atoms with van der Waals surface area (Å²) in [7, 11) is 0. The fourth-order valence-electron chi connectivity index (χ4n) is 5.24. The number of aliphatic hydroxyl groups excluding tert-OH is 1. The maximum atomic E-state index is 10.3. The molecule has 1 aromatic carbocycles.